The van der Waals surface area contributed by atoms with Crippen molar-refractivity contribution in [3.05, 3.63) is 0 Å². The third-order valence-electron chi connectivity index (χ3n) is 3.82. The second kappa shape index (κ2) is 6.86. The van der Waals surface area contributed by atoms with E-state index in [4.69, 9.17) is 4.74 Å². The highest BCUT2D eigenvalue weighted by molar-refractivity contribution is 5.76. The van der Waals surface area contributed by atoms with Crippen LogP contribution in [0.1, 0.15) is 13.3 Å². The Morgan fingerprint density at radius 2 is 1.58 bits per heavy atom. The quantitative estimate of drug-likeness (QED) is 0.686. The molecule has 6 nitrogen and oxygen atoms in total. The predicted molar refractivity (Wildman–Crippen MR) is 70.7 cm³/mol. The predicted octanol–water partition coefficient (Wildman–Crippen LogP) is -0.601. The van der Waals surface area contributed by atoms with Gasteiger partial charge in [-0.1, -0.05) is 0 Å². The molecule has 0 aromatic heterocycles. The van der Waals surface area contributed by atoms with E-state index >= 15 is 0 Å². The zero-order chi connectivity index (χ0) is 13.7. The molecule has 0 aromatic rings. The molecule has 19 heavy (non-hydrogen) atoms. The van der Waals surface area contributed by atoms with E-state index in [2.05, 4.69) is 4.90 Å². The SMILES string of the molecule is CC(=O)N1CCN(CCC(=O)N2CCOCC2)CC1. The lowest BCUT2D eigenvalue weighted by Crippen LogP contribution is -2.49. The molecule has 0 aliphatic carbocycles. The Labute approximate surface area is 114 Å². The van der Waals surface area contributed by atoms with Gasteiger partial charge in [-0.25, -0.2) is 0 Å². The number of hydrogen-bond acceptors (Lipinski definition) is 4. The number of morpholine rings is 1. The summed E-state index contributed by atoms with van der Waals surface area (Å²) in [6.45, 7) is 8.45. The van der Waals surface area contributed by atoms with E-state index < -0.39 is 0 Å². The van der Waals surface area contributed by atoms with Gasteiger partial charge in [0.1, 0.15) is 0 Å². The molecule has 0 spiro atoms. The van der Waals surface area contributed by atoms with Crippen molar-refractivity contribution >= 4 is 11.8 Å². The number of ether oxygens (including phenoxy) is 1. The van der Waals surface area contributed by atoms with Crippen LogP contribution in [0.2, 0.25) is 0 Å². The number of hydrogen-bond donors (Lipinski definition) is 0. The van der Waals surface area contributed by atoms with Crippen LogP contribution >= 0.6 is 0 Å². The number of rotatable bonds is 3. The summed E-state index contributed by atoms with van der Waals surface area (Å²) in [4.78, 5) is 29.2. The van der Waals surface area contributed by atoms with Crippen molar-refractivity contribution in [2.24, 2.45) is 0 Å². The van der Waals surface area contributed by atoms with Gasteiger partial charge in [0.25, 0.3) is 0 Å². The van der Waals surface area contributed by atoms with Crippen LogP contribution in [-0.4, -0.2) is 85.5 Å². The number of carbonyl (C=O) groups is 2. The molecular weight excluding hydrogens is 246 g/mol. The first-order chi connectivity index (χ1) is 9.16. The third kappa shape index (κ3) is 4.18. The first-order valence-corrected chi connectivity index (χ1v) is 7.00. The van der Waals surface area contributed by atoms with Crippen LogP contribution in [0, 0.1) is 0 Å². The molecule has 2 saturated heterocycles. The maximum absolute atomic E-state index is 12.0. The van der Waals surface area contributed by atoms with Crippen LogP contribution in [-0.2, 0) is 14.3 Å². The van der Waals surface area contributed by atoms with E-state index in [1.165, 1.54) is 0 Å². The van der Waals surface area contributed by atoms with Gasteiger partial charge >= 0.3 is 0 Å². The van der Waals surface area contributed by atoms with Gasteiger partial charge in [0.15, 0.2) is 0 Å². The second-order valence-corrected chi connectivity index (χ2v) is 5.09. The highest BCUT2D eigenvalue weighted by Crippen LogP contribution is 2.05. The molecule has 0 aromatic carbocycles. The summed E-state index contributed by atoms with van der Waals surface area (Å²) in [5, 5.41) is 0. The molecule has 2 heterocycles. The van der Waals surface area contributed by atoms with Gasteiger partial charge in [-0.2, -0.15) is 0 Å². The molecule has 0 radical (unpaired) electrons. The minimum Gasteiger partial charge on any atom is -0.378 e. The number of nitrogens with zero attached hydrogens (tertiary/aromatic N) is 3. The Kier molecular flexibility index (Phi) is 5.15. The van der Waals surface area contributed by atoms with E-state index in [-0.39, 0.29) is 11.8 Å². The maximum atomic E-state index is 12.0. The summed E-state index contributed by atoms with van der Waals surface area (Å²) in [7, 11) is 0. The fourth-order valence-electron chi connectivity index (χ4n) is 2.51. The summed E-state index contributed by atoms with van der Waals surface area (Å²) in [6, 6.07) is 0. The van der Waals surface area contributed by atoms with E-state index in [1.807, 2.05) is 9.80 Å². The molecule has 108 valence electrons. The van der Waals surface area contributed by atoms with Crippen molar-refractivity contribution in [3.63, 3.8) is 0 Å². The topological polar surface area (TPSA) is 53.1 Å². The van der Waals surface area contributed by atoms with Crippen molar-refractivity contribution in [1.29, 1.82) is 0 Å². The molecule has 0 N–H and O–H groups in total. The first kappa shape index (κ1) is 14.3. The molecule has 2 rings (SSSR count). The highest BCUT2D eigenvalue weighted by atomic mass is 16.5. The van der Waals surface area contributed by atoms with Crippen LogP contribution in [0.4, 0.5) is 0 Å². The van der Waals surface area contributed by atoms with E-state index in [1.54, 1.807) is 6.92 Å². The van der Waals surface area contributed by atoms with E-state index in [0.29, 0.717) is 19.6 Å². The maximum Gasteiger partial charge on any atom is 0.224 e. The average Bonchev–Trinajstić information content (AvgIpc) is 2.46. The second-order valence-electron chi connectivity index (χ2n) is 5.09. The molecule has 6 heteroatoms. The van der Waals surface area contributed by atoms with Gasteiger partial charge in [-0.15, -0.1) is 0 Å². The fraction of sp³-hybridized carbons (Fsp3) is 0.846. The lowest BCUT2D eigenvalue weighted by atomic mass is 10.2. The van der Waals surface area contributed by atoms with Crippen LogP contribution in [0.5, 0.6) is 0 Å². The molecule has 2 aliphatic rings. The van der Waals surface area contributed by atoms with Crippen LogP contribution in [0.3, 0.4) is 0 Å². The Balaban J connectivity index is 1.66. The Hall–Kier alpha value is -1.14. The molecule has 2 amide bonds. The van der Waals surface area contributed by atoms with Crippen LogP contribution < -0.4 is 0 Å². The van der Waals surface area contributed by atoms with Gasteiger partial charge in [-0.05, 0) is 0 Å². The van der Waals surface area contributed by atoms with Crippen molar-refractivity contribution in [2.75, 3.05) is 59.0 Å². The highest BCUT2D eigenvalue weighted by Gasteiger charge is 2.21. The lowest BCUT2D eigenvalue weighted by Gasteiger charge is -2.34. The van der Waals surface area contributed by atoms with Crippen LogP contribution in [0.25, 0.3) is 0 Å². The van der Waals surface area contributed by atoms with E-state index in [0.717, 1.165) is 45.8 Å². The van der Waals surface area contributed by atoms with Gasteiger partial charge in [0.2, 0.25) is 11.8 Å². The van der Waals surface area contributed by atoms with Gasteiger partial charge in [-0.3, -0.25) is 14.5 Å². The number of piperazine rings is 1. The van der Waals surface area contributed by atoms with Crippen molar-refractivity contribution < 1.29 is 14.3 Å². The monoisotopic (exact) mass is 269 g/mol. The molecule has 0 unspecified atom stereocenters. The lowest BCUT2D eigenvalue weighted by molar-refractivity contribution is -0.136. The normalized spacial score (nSPS) is 21.5. The Bertz CT molecular complexity index is 321. The van der Waals surface area contributed by atoms with Crippen LogP contribution in [0.15, 0.2) is 0 Å². The molecule has 2 fully saturated rings. The summed E-state index contributed by atoms with van der Waals surface area (Å²) < 4.78 is 5.24. The molecule has 0 bridgehead atoms. The smallest absolute Gasteiger partial charge is 0.224 e. The summed E-state index contributed by atoms with van der Waals surface area (Å²) >= 11 is 0. The molecule has 0 saturated carbocycles. The molecular formula is C13H23N3O3. The van der Waals surface area contributed by atoms with Crippen molar-refractivity contribution in [2.45, 2.75) is 13.3 Å². The molecule has 0 atom stereocenters. The summed E-state index contributed by atoms with van der Waals surface area (Å²) in [5.74, 6) is 0.362. The fourth-order valence-corrected chi connectivity index (χ4v) is 2.51. The van der Waals surface area contributed by atoms with Gasteiger partial charge in [0, 0.05) is 59.2 Å². The standard InChI is InChI=1S/C13H23N3O3/c1-12(17)15-6-4-14(5-7-15)3-2-13(18)16-8-10-19-11-9-16/h2-11H2,1H3. The van der Waals surface area contributed by atoms with Crippen molar-refractivity contribution in [1.82, 2.24) is 14.7 Å². The average molecular weight is 269 g/mol. The zero-order valence-corrected chi connectivity index (χ0v) is 11.6. The molecule has 2 aliphatic heterocycles. The zero-order valence-electron chi connectivity index (χ0n) is 11.6. The van der Waals surface area contributed by atoms with Gasteiger partial charge in [0.05, 0.1) is 13.2 Å². The number of carbonyl (C=O) groups excluding carboxylic acids is 2. The summed E-state index contributed by atoms with van der Waals surface area (Å²) in [5.41, 5.74) is 0. The number of amides is 2. The Morgan fingerprint density at radius 3 is 2.16 bits per heavy atom. The minimum atomic E-state index is 0.143. The first-order valence-electron chi connectivity index (χ1n) is 7.00. The minimum absolute atomic E-state index is 0.143. The Morgan fingerprint density at radius 1 is 0.947 bits per heavy atom. The van der Waals surface area contributed by atoms with Crippen molar-refractivity contribution in [3.8, 4) is 0 Å². The third-order valence-corrected chi connectivity index (χ3v) is 3.82. The van der Waals surface area contributed by atoms with Gasteiger partial charge < -0.3 is 14.5 Å². The largest absolute Gasteiger partial charge is 0.378 e. The van der Waals surface area contributed by atoms with E-state index in [9.17, 15) is 9.59 Å². The summed E-state index contributed by atoms with van der Waals surface area (Å²) in [6.07, 6.45) is 0.570.